The lowest BCUT2D eigenvalue weighted by atomic mass is 9.95. The number of amides is 2. The van der Waals surface area contributed by atoms with E-state index in [-0.39, 0.29) is 23.4 Å². The van der Waals surface area contributed by atoms with Crippen LogP contribution in [0.3, 0.4) is 0 Å². The Kier molecular flexibility index (Phi) is 10.7. The highest BCUT2D eigenvalue weighted by Gasteiger charge is 2.34. The largest absolute Gasteiger partial charge is 0.352 e. The van der Waals surface area contributed by atoms with Crippen LogP contribution in [-0.2, 0) is 26.2 Å². The number of nitrogens with zero attached hydrogens (tertiary/aromatic N) is 2. The summed E-state index contributed by atoms with van der Waals surface area (Å²) >= 11 is 0. The predicted octanol–water partition coefficient (Wildman–Crippen LogP) is 6.37. The molecule has 0 heterocycles. The number of anilines is 1. The number of rotatable bonds is 11. The molecular weight excluding hydrogens is 558 g/mol. The van der Waals surface area contributed by atoms with Crippen LogP contribution < -0.4 is 9.62 Å². The maximum atomic E-state index is 14.3. The molecule has 1 aliphatic rings. The van der Waals surface area contributed by atoms with Crippen LogP contribution >= 0.6 is 0 Å². The van der Waals surface area contributed by atoms with Gasteiger partial charge in [0.1, 0.15) is 12.6 Å². The van der Waals surface area contributed by atoms with Gasteiger partial charge in [-0.2, -0.15) is 0 Å². The molecule has 1 fully saturated rings. The van der Waals surface area contributed by atoms with Crippen LogP contribution in [0, 0.1) is 27.7 Å². The summed E-state index contributed by atoms with van der Waals surface area (Å²) in [7, 11) is -4.10. The molecular formula is C35H45N3O4S. The standard InChI is InChI=1S/C35H45N3O4S/c1-6-33(35(40)36-30-10-8-7-9-11-30)37(23-29-17-12-25(2)13-18-29)34(39)24-38(31-19-16-27(4)28(5)22-31)43(41,42)32-20-14-26(3)15-21-32/h12-22,30,33H,6-11,23-24H2,1-5H3,(H,36,40). The third kappa shape index (κ3) is 8.05. The lowest BCUT2D eigenvalue weighted by Gasteiger charge is -2.34. The highest BCUT2D eigenvalue weighted by atomic mass is 32.2. The average Bonchev–Trinajstić information content (AvgIpc) is 2.99. The molecule has 0 aromatic heterocycles. The molecule has 1 unspecified atom stereocenters. The number of sulfonamides is 1. The van der Waals surface area contributed by atoms with E-state index < -0.39 is 28.5 Å². The van der Waals surface area contributed by atoms with Crippen LogP contribution in [0.4, 0.5) is 5.69 Å². The number of carbonyl (C=O) groups excluding carboxylic acids is 2. The third-order valence-corrected chi connectivity index (χ3v) is 10.3. The predicted molar refractivity (Wildman–Crippen MR) is 172 cm³/mol. The van der Waals surface area contributed by atoms with Gasteiger partial charge in [-0.25, -0.2) is 8.42 Å². The number of carbonyl (C=O) groups is 2. The maximum absolute atomic E-state index is 14.3. The molecule has 4 rings (SSSR count). The Hall–Kier alpha value is -3.65. The fourth-order valence-corrected chi connectivity index (χ4v) is 7.01. The van der Waals surface area contributed by atoms with Gasteiger partial charge in [0.25, 0.3) is 10.0 Å². The van der Waals surface area contributed by atoms with E-state index in [0.29, 0.717) is 12.1 Å². The van der Waals surface area contributed by atoms with E-state index in [1.165, 1.54) is 10.7 Å². The monoisotopic (exact) mass is 603 g/mol. The van der Waals surface area contributed by atoms with E-state index in [1.807, 2.05) is 65.0 Å². The van der Waals surface area contributed by atoms with Crippen molar-refractivity contribution >= 4 is 27.5 Å². The minimum atomic E-state index is -4.10. The van der Waals surface area contributed by atoms with Crippen LogP contribution in [0.5, 0.6) is 0 Å². The van der Waals surface area contributed by atoms with Gasteiger partial charge in [-0.1, -0.05) is 79.8 Å². The van der Waals surface area contributed by atoms with Crippen LogP contribution in [0.2, 0.25) is 0 Å². The first-order valence-corrected chi connectivity index (χ1v) is 16.8. The summed E-state index contributed by atoms with van der Waals surface area (Å²) in [6, 6.07) is 19.2. The van der Waals surface area contributed by atoms with Gasteiger partial charge in [-0.15, -0.1) is 0 Å². The summed E-state index contributed by atoms with van der Waals surface area (Å²) in [6.07, 6.45) is 5.61. The molecule has 0 saturated heterocycles. The molecule has 0 radical (unpaired) electrons. The van der Waals surface area contributed by atoms with Crippen molar-refractivity contribution in [2.75, 3.05) is 10.8 Å². The second-order valence-corrected chi connectivity index (χ2v) is 13.7. The first-order valence-electron chi connectivity index (χ1n) is 15.3. The van der Waals surface area contributed by atoms with Gasteiger partial charge in [0.05, 0.1) is 10.6 Å². The topological polar surface area (TPSA) is 86.8 Å². The Bertz CT molecular complexity index is 1510. The van der Waals surface area contributed by atoms with Crippen molar-refractivity contribution in [1.82, 2.24) is 10.2 Å². The summed E-state index contributed by atoms with van der Waals surface area (Å²) < 4.78 is 29.4. The zero-order valence-corrected chi connectivity index (χ0v) is 26.9. The fraction of sp³-hybridized carbons (Fsp3) is 0.429. The van der Waals surface area contributed by atoms with Gasteiger partial charge in [0, 0.05) is 12.6 Å². The van der Waals surface area contributed by atoms with Crippen LogP contribution in [-0.4, -0.2) is 43.8 Å². The second kappa shape index (κ2) is 14.2. The first kappa shape index (κ1) is 32.3. The Morgan fingerprint density at radius 3 is 2.02 bits per heavy atom. The molecule has 0 spiro atoms. The van der Waals surface area contributed by atoms with Crippen molar-refractivity contribution < 1.29 is 18.0 Å². The van der Waals surface area contributed by atoms with Crippen LogP contribution in [0.15, 0.2) is 71.6 Å². The van der Waals surface area contributed by atoms with Gasteiger partial charge >= 0.3 is 0 Å². The van der Waals surface area contributed by atoms with E-state index in [0.717, 1.165) is 53.5 Å². The Balaban J connectivity index is 1.72. The summed E-state index contributed by atoms with van der Waals surface area (Å²) in [6.45, 7) is 9.43. The van der Waals surface area contributed by atoms with Gasteiger partial charge in [-0.3, -0.25) is 13.9 Å². The highest BCUT2D eigenvalue weighted by molar-refractivity contribution is 7.92. The van der Waals surface area contributed by atoms with Crippen molar-refractivity contribution in [3.8, 4) is 0 Å². The maximum Gasteiger partial charge on any atom is 0.264 e. The van der Waals surface area contributed by atoms with E-state index in [9.17, 15) is 18.0 Å². The molecule has 1 atom stereocenters. The molecule has 1 aliphatic carbocycles. The quantitative estimate of drug-likeness (QED) is 0.276. The summed E-state index contributed by atoms with van der Waals surface area (Å²) in [5.41, 5.74) is 5.26. The Morgan fingerprint density at radius 2 is 1.44 bits per heavy atom. The van der Waals surface area contributed by atoms with Crippen molar-refractivity contribution in [2.45, 2.75) is 96.7 Å². The van der Waals surface area contributed by atoms with Gasteiger partial charge in [-0.05, 0) is 87.9 Å². The minimum absolute atomic E-state index is 0.0978. The number of benzene rings is 3. The zero-order chi connectivity index (χ0) is 31.1. The van der Waals surface area contributed by atoms with Gasteiger partial charge in [0.15, 0.2) is 0 Å². The minimum Gasteiger partial charge on any atom is -0.352 e. The number of aryl methyl sites for hydroxylation is 4. The van der Waals surface area contributed by atoms with E-state index in [4.69, 9.17) is 0 Å². The Labute approximate surface area is 257 Å². The summed E-state index contributed by atoms with van der Waals surface area (Å²) in [4.78, 5) is 29.7. The molecule has 1 N–H and O–H groups in total. The molecule has 0 bridgehead atoms. The SMILES string of the molecule is CCC(C(=O)NC1CCCCC1)N(Cc1ccc(C)cc1)C(=O)CN(c1ccc(C)c(C)c1)S(=O)(=O)c1ccc(C)cc1. The lowest BCUT2D eigenvalue weighted by molar-refractivity contribution is -0.140. The number of hydrogen-bond acceptors (Lipinski definition) is 4. The number of nitrogens with one attached hydrogen (secondary N) is 1. The molecule has 3 aromatic carbocycles. The molecule has 1 saturated carbocycles. The van der Waals surface area contributed by atoms with Gasteiger partial charge < -0.3 is 10.2 Å². The van der Waals surface area contributed by atoms with Gasteiger partial charge in [0.2, 0.25) is 11.8 Å². The molecule has 0 aliphatic heterocycles. The van der Waals surface area contributed by atoms with Crippen LogP contribution in [0.1, 0.15) is 73.3 Å². The molecule has 43 heavy (non-hydrogen) atoms. The smallest absolute Gasteiger partial charge is 0.264 e. The second-order valence-electron chi connectivity index (χ2n) is 11.9. The zero-order valence-electron chi connectivity index (χ0n) is 26.1. The summed E-state index contributed by atoms with van der Waals surface area (Å²) in [5.74, 6) is -0.617. The molecule has 7 nitrogen and oxygen atoms in total. The van der Waals surface area contributed by atoms with Crippen molar-refractivity contribution in [3.63, 3.8) is 0 Å². The highest BCUT2D eigenvalue weighted by Crippen LogP contribution is 2.27. The van der Waals surface area contributed by atoms with E-state index in [1.54, 1.807) is 41.3 Å². The summed E-state index contributed by atoms with van der Waals surface area (Å²) in [5, 5.41) is 3.20. The van der Waals surface area contributed by atoms with Crippen LogP contribution in [0.25, 0.3) is 0 Å². The Morgan fingerprint density at radius 1 is 0.837 bits per heavy atom. The first-order chi connectivity index (χ1) is 20.5. The van der Waals surface area contributed by atoms with E-state index in [2.05, 4.69) is 5.32 Å². The lowest BCUT2D eigenvalue weighted by Crippen LogP contribution is -2.54. The third-order valence-electron chi connectivity index (χ3n) is 8.48. The average molecular weight is 604 g/mol. The molecule has 3 aromatic rings. The normalized spacial score (nSPS) is 14.6. The fourth-order valence-electron chi connectivity index (χ4n) is 5.60. The van der Waals surface area contributed by atoms with Crippen molar-refractivity contribution in [1.29, 1.82) is 0 Å². The molecule has 230 valence electrons. The number of hydrogen-bond donors (Lipinski definition) is 1. The molecule has 8 heteroatoms. The molecule has 2 amide bonds. The van der Waals surface area contributed by atoms with Crippen molar-refractivity contribution in [2.24, 2.45) is 0 Å². The van der Waals surface area contributed by atoms with E-state index >= 15 is 0 Å². The van der Waals surface area contributed by atoms with Crippen molar-refractivity contribution in [3.05, 3.63) is 94.5 Å².